The van der Waals surface area contributed by atoms with Gasteiger partial charge in [-0.05, 0) is 49.2 Å². The highest BCUT2D eigenvalue weighted by Crippen LogP contribution is 2.30. The van der Waals surface area contributed by atoms with E-state index >= 15 is 0 Å². The van der Waals surface area contributed by atoms with E-state index in [0.717, 1.165) is 0 Å². The second-order valence-corrected chi connectivity index (χ2v) is 7.43. The van der Waals surface area contributed by atoms with E-state index in [1.54, 1.807) is 0 Å². The van der Waals surface area contributed by atoms with Gasteiger partial charge < -0.3 is 0 Å². The van der Waals surface area contributed by atoms with Gasteiger partial charge in [0.1, 0.15) is 14.1 Å². The summed E-state index contributed by atoms with van der Waals surface area (Å²) < 4.78 is 4.57. The summed E-state index contributed by atoms with van der Waals surface area (Å²) in [6.45, 7) is 6.57. The average molecular weight is 354 g/mol. The highest BCUT2D eigenvalue weighted by Gasteiger charge is 2.21. The first-order valence-corrected chi connectivity index (χ1v) is 9.43. The SMILES string of the molecule is Cc1cc(C)[n+](C)c(-c2cccc(-c3ccc4ccccc4[n+]3C)c2C)c1. The summed E-state index contributed by atoms with van der Waals surface area (Å²) in [6.07, 6.45) is 0. The zero-order valence-electron chi connectivity index (χ0n) is 16.7. The number of fused-ring (bicyclic) bond motifs is 1. The van der Waals surface area contributed by atoms with E-state index in [1.165, 1.54) is 50.2 Å². The summed E-state index contributed by atoms with van der Waals surface area (Å²) in [5, 5.41) is 1.26. The topological polar surface area (TPSA) is 7.76 Å². The molecule has 0 aliphatic heterocycles. The molecule has 0 bridgehead atoms. The van der Waals surface area contributed by atoms with Crippen molar-refractivity contribution < 1.29 is 9.13 Å². The fourth-order valence-electron chi connectivity index (χ4n) is 4.03. The van der Waals surface area contributed by atoms with Crippen LogP contribution in [-0.2, 0) is 14.1 Å². The van der Waals surface area contributed by atoms with Crippen LogP contribution >= 0.6 is 0 Å². The molecule has 0 radical (unpaired) electrons. The number of aromatic nitrogens is 2. The lowest BCUT2D eigenvalue weighted by Crippen LogP contribution is -2.35. The van der Waals surface area contributed by atoms with Crippen molar-refractivity contribution >= 4 is 10.9 Å². The lowest BCUT2D eigenvalue weighted by atomic mass is 9.95. The van der Waals surface area contributed by atoms with Gasteiger partial charge in [0.05, 0.1) is 0 Å². The first-order valence-electron chi connectivity index (χ1n) is 9.43. The van der Waals surface area contributed by atoms with Crippen molar-refractivity contribution in [3.8, 4) is 22.5 Å². The fraction of sp³-hybridized carbons (Fsp3) is 0.200. The third-order valence-corrected chi connectivity index (χ3v) is 5.66. The van der Waals surface area contributed by atoms with Crippen molar-refractivity contribution in [2.75, 3.05) is 0 Å². The molecule has 0 atom stereocenters. The normalized spacial score (nSPS) is 11.1. The predicted molar refractivity (Wildman–Crippen MR) is 111 cm³/mol. The summed E-state index contributed by atoms with van der Waals surface area (Å²) in [6, 6.07) is 24.1. The lowest BCUT2D eigenvalue weighted by Gasteiger charge is -2.11. The Morgan fingerprint density at radius 1 is 0.630 bits per heavy atom. The number of para-hydroxylation sites is 1. The molecule has 2 nitrogen and oxygen atoms in total. The van der Waals surface area contributed by atoms with Gasteiger partial charge in [-0.3, -0.25) is 0 Å². The molecule has 4 aromatic rings. The minimum atomic E-state index is 1.24. The molecule has 0 N–H and O–H groups in total. The van der Waals surface area contributed by atoms with Crippen LogP contribution in [0, 0.1) is 20.8 Å². The molecular weight excluding hydrogens is 328 g/mol. The fourth-order valence-corrected chi connectivity index (χ4v) is 4.03. The molecule has 4 rings (SSSR count). The van der Waals surface area contributed by atoms with Gasteiger partial charge in [0.25, 0.3) is 0 Å². The van der Waals surface area contributed by atoms with Crippen molar-refractivity contribution in [3.63, 3.8) is 0 Å². The molecule has 2 heteroatoms. The number of hydrogen-bond donors (Lipinski definition) is 0. The second-order valence-electron chi connectivity index (χ2n) is 7.43. The monoisotopic (exact) mass is 354 g/mol. The molecule has 0 aliphatic carbocycles. The highest BCUT2D eigenvalue weighted by molar-refractivity contribution is 5.79. The first kappa shape index (κ1) is 17.4. The molecule has 0 amide bonds. The molecule has 0 saturated heterocycles. The molecule has 0 fully saturated rings. The summed E-state index contributed by atoms with van der Waals surface area (Å²) >= 11 is 0. The summed E-state index contributed by atoms with van der Waals surface area (Å²) in [5.41, 5.74) is 10.2. The van der Waals surface area contributed by atoms with Crippen molar-refractivity contribution in [3.05, 3.63) is 83.6 Å². The maximum atomic E-state index is 2.29. The van der Waals surface area contributed by atoms with E-state index in [2.05, 4.69) is 111 Å². The Morgan fingerprint density at radius 3 is 2.11 bits per heavy atom. The van der Waals surface area contributed by atoms with Crippen LogP contribution in [0.25, 0.3) is 33.4 Å². The van der Waals surface area contributed by atoms with Crippen LogP contribution in [0.5, 0.6) is 0 Å². The highest BCUT2D eigenvalue weighted by atomic mass is 14.9. The van der Waals surface area contributed by atoms with Gasteiger partial charge in [-0.25, -0.2) is 0 Å². The van der Waals surface area contributed by atoms with E-state index in [1.807, 2.05) is 0 Å². The Bertz CT molecular complexity index is 1170. The van der Waals surface area contributed by atoms with Crippen molar-refractivity contribution in [2.45, 2.75) is 20.8 Å². The summed E-state index contributed by atoms with van der Waals surface area (Å²) in [4.78, 5) is 0. The number of nitrogens with zero attached hydrogens (tertiary/aromatic N) is 2. The number of aryl methyl sites for hydroxylation is 3. The molecule has 0 spiro atoms. The van der Waals surface area contributed by atoms with Crippen LogP contribution in [0.15, 0.2) is 66.7 Å². The van der Waals surface area contributed by atoms with Crippen LogP contribution in [0.1, 0.15) is 16.8 Å². The van der Waals surface area contributed by atoms with E-state index in [9.17, 15) is 0 Å². The quantitative estimate of drug-likeness (QED) is 0.459. The van der Waals surface area contributed by atoms with Crippen molar-refractivity contribution in [1.82, 2.24) is 0 Å². The van der Waals surface area contributed by atoms with Crippen LogP contribution < -0.4 is 9.13 Å². The third-order valence-electron chi connectivity index (χ3n) is 5.66. The Balaban J connectivity index is 1.96. The number of hydrogen-bond acceptors (Lipinski definition) is 0. The smallest absolute Gasteiger partial charge is 0.199 e. The number of rotatable bonds is 2. The number of pyridine rings is 2. The molecule has 0 saturated carbocycles. The van der Waals surface area contributed by atoms with E-state index in [4.69, 9.17) is 0 Å². The average Bonchev–Trinajstić information content (AvgIpc) is 2.66. The standard InChI is InChI=1S/C25H26N2/c1-17-15-18(2)26(4)25(16-17)22-11-8-10-21(19(22)3)24-14-13-20-9-6-7-12-23(20)27(24)5/h6-16H,1-5H3/q+2. The largest absolute Gasteiger partial charge is 0.213 e. The number of benzene rings is 2. The van der Waals surface area contributed by atoms with Crippen molar-refractivity contribution in [1.29, 1.82) is 0 Å². The van der Waals surface area contributed by atoms with Gasteiger partial charge in [-0.15, -0.1) is 0 Å². The Labute approximate surface area is 161 Å². The Hall–Kier alpha value is -3.00. The molecule has 2 heterocycles. The maximum absolute atomic E-state index is 2.29. The van der Waals surface area contributed by atoms with Gasteiger partial charge in [-0.2, -0.15) is 9.13 Å². The maximum Gasteiger partial charge on any atom is 0.213 e. The van der Waals surface area contributed by atoms with Gasteiger partial charge in [0.2, 0.25) is 16.9 Å². The molecular formula is C25H26N2+2. The van der Waals surface area contributed by atoms with Gasteiger partial charge in [0, 0.05) is 47.7 Å². The molecule has 2 aromatic carbocycles. The van der Waals surface area contributed by atoms with E-state index < -0.39 is 0 Å². The van der Waals surface area contributed by atoms with E-state index in [0.29, 0.717) is 0 Å². The minimum absolute atomic E-state index is 1.24. The van der Waals surface area contributed by atoms with Crippen LogP contribution in [-0.4, -0.2) is 0 Å². The molecule has 134 valence electrons. The second kappa shape index (κ2) is 6.62. The van der Waals surface area contributed by atoms with Crippen LogP contribution in [0.2, 0.25) is 0 Å². The van der Waals surface area contributed by atoms with Gasteiger partial charge >= 0.3 is 0 Å². The Kier molecular flexibility index (Phi) is 4.27. The molecule has 27 heavy (non-hydrogen) atoms. The van der Waals surface area contributed by atoms with Gasteiger partial charge in [0.15, 0.2) is 5.69 Å². The third kappa shape index (κ3) is 2.91. The first-order chi connectivity index (χ1) is 13.0. The van der Waals surface area contributed by atoms with E-state index in [-0.39, 0.29) is 0 Å². The molecule has 0 unspecified atom stereocenters. The van der Waals surface area contributed by atoms with Gasteiger partial charge in [-0.1, -0.05) is 18.2 Å². The predicted octanol–water partition coefficient (Wildman–Crippen LogP) is 4.75. The van der Waals surface area contributed by atoms with Crippen LogP contribution in [0.4, 0.5) is 0 Å². The summed E-state index contributed by atoms with van der Waals surface area (Å²) in [7, 11) is 4.30. The zero-order valence-corrected chi connectivity index (χ0v) is 16.7. The van der Waals surface area contributed by atoms with Crippen molar-refractivity contribution in [2.24, 2.45) is 14.1 Å². The Morgan fingerprint density at radius 2 is 1.33 bits per heavy atom. The molecule has 2 aromatic heterocycles. The molecule has 0 aliphatic rings. The summed E-state index contributed by atoms with van der Waals surface area (Å²) in [5.74, 6) is 0. The minimum Gasteiger partial charge on any atom is -0.199 e. The lowest BCUT2D eigenvalue weighted by molar-refractivity contribution is -0.666. The van der Waals surface area contributed by atoms with Crippen LogP contribution in [0.3, 0.4) is 0 Å². The zero-order chi connectivity index (χ0) is 19.1.